The average molecular weight is 529 g/mol. The van der Waals surface area contributed by atoms with Crippen molar-refractivity contribution >= 4 is 43.9 Å². The number of sulfonamides is 1. The molecule has 9 heteroatoms. The summed E-state index contributed by atoms with van der Waals surface area (Å²) in [5.41, 5.74) is 2.41. The van der Waals surface area contributed by atoms with Crippen LogP contribution in [0.25, 0.3) is 10.8 Å². The van der Waals surface area contributed by atoms with Crippen LogP contribution < -0.4 is 19.8 Å². The molecule has 3 aromatic carbocycles. The topological polar surface area (TPSA) is 90.5 Å². The minimum atomic E-state index is -3.86. The summed E-state index contributed by atoms with van der Waals surface area (Å²) in [6, 6.07) is 21.6. The van der Waals surface area contributed by atoms with Gasteiger partial charge in [0.15, 0.2) is 5.82 Å². The van der Waals surface area contributed by atoms with Gasteiger partial charge in [-0.15, -0.1) is 0 Å². The molecule has 196 valence electrons. The maximum absolute atomic E-state index is 14.0. The Balaban J connectivity index is 1.31. The third kappa shape index (κ3) is 4.35. The standard InChI is InChI=1S/C29H32N6O2S/c1-20-18-34(16-15-30-20)23-13-11-22(12-14-23)32-28-31-17-25-27(33-28)35(19-29(25,2)3)38(36,37)26-10-6-8-21-7-4-5-9-24(21)26/h4-14,17,20,30H,15-16,18-19H2,1-3H3,(H,31,32,33)/t20-/m1/s1. The summed E-state index contributed by atoms with van der Waals surface area (Å²) in [5.74, 6) is 0.787. The number of nitrogens with one attached hydrogen (secondary N) is 2. The van der Waals surface area contributed by atoms with Gasteiger partial charge in [-0.3, -0.25) is 0 Å². The van der Waals surface area contributed by atoms with Gasteiger partial charge in [0, 0.05) is 66.2 Å². The molecule has 0 aliphatic carbocycles. The molecule has 1 saturated heterocycles. The minimum Gasteiger partial charge on any atom is -0.369 e. The Kier molecular flexibility index (Phi) is 6.00. The van der Waals surface area contributed by atoms with Crippen LogP contribution >= 0.6 is 0 Å². The van der Waals surface area contributed by atoms with E-state index in [9.17, 15) is 8.42 Å². The molecular formula is C29H32N6O2S. The summed E-state index contributed by atoms with van der Waals surface area (Å²) < 4.78 is 29.5. The first-order chi connectivity index (χ1) is 18.2. The van der Waals surface area contributed by atoms with Crippen molar-refractivity contribution in [3.05, 3.63) is 78.5 Å². The maximum Gasteiger partial charge on any atom is 0.266 e. The van der Waals surface area contributed by atoms with Gasteiger partial charge in [0.05, 0.1) is 4.90 Å². The first-order valence-corrected chi connectivity index (χ1v) is 14.4. The van der Waals surface area contributed by atoms with Gasteiger partial charge >= 0.3 is 0 Å². The lowest BCUT2D eigenvalue weighted by atomic mass is 9.89. The van der Waals surface area contributed by atoms with Gasteiger partial charge < -0.3 is 15.5 Å². The number of piperazine rings is 1. The van der Waals surface area contributed by atoms with E-state index in [4.69, 9.17) is 4.98 Å². The van der Waals surface area contributed by atoms with Gasteiger partial charge in [0.2, 0.25) is 5.95 Å². The third-order valence-electron chi connectivity index (χ3n) is 7.45. The van der Waals surface area contributed by atoms with Crippen molar-refractivity contribution in [3.8, 4) is 0 Å². The maximum atomic E-state index is 14.0. The van der Waals surface area contributed by atoms with Crippen LogP contribution in [0.2, 0.25) is 0 Å². The van der Waals surface area contributed by atoms with Crippen LogP contribution in [0.3, 0.4) is 0 Å². The van der Waals surface area contributed by atoms with E-state index in [1.807, 2.05) is 56.3 Å². The molecular weight excluding hydrogens is 496 g/mol. The van der Waals surface area contributed by atoms with Crippen molar-refractivity contribution in [2.24, 2.45) is 0 Å². The Labute approximate surface area is 223 Å². The molecule has 0 spiro atoms. The third-order valence-corrected chi connectivity index (χ3v) is 9.24. The molecule has 2 aliphatic heterocycles. The van der Waals surface area contributed by atoms with Gasteiger partial charge in [-0.2, -0.15) is 4.98 Å². The first kappa shape index (κ1) is 24.6. The fourth-order valence-electron chi connectivity index (χ4n) is 5.41. The zero-order valence-corrected chi connectivity index (χ0v) is 22.7. The Morgan fingerprint density at radius 3 is 2.58 bits per heavy atom. The van der Waals surface area contributed by atoms with Gasteiger partial charge in [-0.25, -0.2) is 17.7 Å². The lowest BCUT2D eigenvalue weighted by Crippen LogP contribution is -2.49. The van der Waals surface area contributed by atoms with E-state index in [-0.39, 0.29) is 4.90 Å². The molecule has 1 aromatic heterocycles. The zero-order valence-electron chi connectivity index (χ0n) is 21.8. The molecule has 0 saturated carbocycles. The summed E-state index contributed by atoms with van der Waals surface area (Å²) in [6.07, 6.45) is 1.75. The van der Waals surface area contributed by atoms with Crippen molar-refractivity contribution in [2.45, 2.75) is 37.1 Å². The molecule has 1 fully saturated rings. The highest BCUT2D eigenvalue weighted by Gasteiger charge is 2.43. The van der Waals surface area contributed by atoms with Gasteiger partial charge in [-0.1, -0.05) is 50.2 Å². The highest BCUT2D eigenvalue weighted by Crippen LogP contribution is 2.43. The Morgan fingerprint density at radius 2 is 1.79 bits per heavy atom. The van der Waals surface area contributed by atoms with Gasteiger partial charge in [-0.05, 0) is 42.6 Å². The molecule has 6 rings (SSSR count). The van der Waals surface area contributed by atoms with E-state index in [0.717, 1.165) is 36.3 Å². The number of aromatic nitrogens is 2. The first-order valence-electron chi connectivity index (χ1n) is 13.0. The molecule has 0 unspecified atom stereocenters. The van der Waals surface area contributed by atoms with Crippen LogP contribution in [0.5, 0.6) is 0 Å². The minimum absolute atomic E-state index is 0.283. The molecule has 1 atom stereocenters. The van der Waals surface area contributed by atoms with Crippen LogP contribution in [0.4, 0.5) is 23.1 Å². The normalized spacial score (nSPS) is 19.0. The summed E-state index contributed by atoms with van der Waals surface area (Å²) in [4.78, 5) is 11.9. The summed E-state index contributed by atoms with van der Waals surface area (Å²) in [5, 5.41) is 8.32. The van der Waals surface area contributed by atoms with Gasteiger partial charge in [0.1, 0.15) is 0 Å². The molecule has 3 heterocycles. The molecule has 0 amide bonds. The van der Waals surface area contributed by atoms with E-state index >= 15 is 0 Å². The summed E-state index contributed by atoms with van der Waals surface area (Å²) >= 11 is 0. The van der Waals surface area contributed by atoms with Crippen molar-refractivity contribution in [2.75, 3.05) is 40.7 Å². The second kappa shape index (κ2) is 9.25. The van der Waals surface area contributed by atoms with E-state index in [1.54, 1.807) is 18.3 Å². The zero-order chi connectivity index (χ0) is 26.5. The molecule has 4 aromatic rings. The fraction of sp³-hybridized carbons (Fsp3) is 0.310. The number of fused-ring (bicyclic) bond motifs is 2. The largest absolute Gasteiger partial charge is 0.369 e. The summed E-state index contributed by atoms with van der Waals surface area (Å²) in [7, 11) is -3.86. The molecule has 8 nitrogen and oxygen atoms in total. The smallest absolute Gasteiger partial charge is 0.266 e. The second-order valence-corrected chi connectivity index (χ2v) is 12.6. The van der Waals surface area contributed by atoms with Crippen LogP contribution in [0.1, 0.15) is 26.3 Å². The van der Waals surface area contributed by atoms with Gasteiger partial charge in [0.25, 0.3) is 10.0 Å². The number of rotatable bonds is 5. The second-order valence-electron chi connectivity index (χ2n) is 10.8. The highest BCUT2D eigenvalue weighted by atomic mass is 32.2. The van der Waals surface area contributed by atoms with Crippen molar-refractivity contribution in [1.82, 2.24) is 15.3 Å². The molecule has 38 heavy (non-hydrogen) atoms. The number of nitrogens with zero attached hydrogens (tertiary/aromatic N) is 4. The van der Waals surface area contributed by atoms with E-state index < -0.39 is 15.4 Å². The molecule has 2 aliphatic rings. The summed E-state index contributed by atoms with van der Waals surface area (Å²) in [6.45, 7) is 9.45. The molecule has 0 bridgehead atoms. The Hall–Kier alpha value is -3.69. The lowest BCUT2D eigenvalue weighted by molar-refractivity contribution is 0.485. The van der Waals surface area contributed by atoms with Crippen LogP contribution in [0.15, 0.2) is 77.8 Å². The van der Waals surface area contributed by atoms with E-state index in [0.29, 0.717) is 29.7 Å². The monoisotopic (exact) mass is 528 g/mol. The predicted molar refractivity (Wildman–Crippen MR) is 153 cm³/mol. The average Bonchev–Trinajstić information content (AvgIpc) is 3.19. The SMILES string of the molecule is C[C@@H]1CN(c2ccc(Nc3ncc4c(n3)N(S(=O)(=O)c3cccc5ccccc35)CC4(C)C)cc2)CCN1. The number of hydrogen-bond donors (Lipinski definition) is 2. The predicted octanol–water partition coefficient (Wildman–Crippen LogP) is 4.66. The Bertz CT molecular complexity index is 1600. The van der Waals surface area contributed by atoms with Crippen molar-refractivity contribution in [3.63, 3.8) is 0 Å². The molecule has 0 radical (unpaired) electrons. The Morgan fingerprint density at radius 1 is 1.03 bits per heavy atom. The lowest BCUT2D eigenvalue weighted by Gasteiger charge is -2.33. The quantitative estimate of drug-likeness (QED) is 0.389. The van der Waals surface area contributed by atoms with Crippen LogP contribution in [-0.2, 0) is 15.4 Å². The van der Waals surface area contributed by atoms with Crippen molar-refractivity contribution < 1.29 is 8.42 Å². The van der Waals surface area contributed by atoms with E-state index in [2.05, 4.69) is 39.6 Å². The number of benzene rings is 3. The highest BCUT2D eigenvalue weighted by molar-refractivity contribution is 7.93. The fourth-order valence-corrected chi connectivity index (χ4v) is 7.22. The number of anilines is 4. The molecule has 2 N–H and O–H groups in total. The van der Waals surface area contributed by atoms with Crippen molar-refractivity contribution in [1.29, 1.82) is 0 Å². The van der Waals surface area contributed by atoms with E-state index in [1.165, 1.54) is 9.99 Å². The van der Waals surface area contributed by atoms with Crippen LogP contribution in [-0.4, -0.2) is 50.6 Å². The van der Waals surface area contributed by atoms with Crippen LogP contribution in [0, 0.1) is 0 Å². The number of hydrogen-bond acceptors (Lipinski definition) is 7.